The van der Waals surface area contributed by atoms with E-state index in [9.17, 15) is 14.9 Å². The molecule has 1 amide bonds. The van der Waals surface area contributed by atoms with Crippen molar-refractivity contribution in [1.29, 1.82) is 0 Å². The van der Waals surface area contributed by atoms with Gasteiger partial charge in [-0.15, -0.1) is 11.3 Å². The van der Waals surface area contributed by atoms with Crippen molar-refractivity contribution in [3.63, 3.8) is 0 Å². The Kier molecular flexibility index (Phi) is 5.80. The molecule has 1 aromatic carbocycles. The van der Waals surface area contributed by atoms with Crippen LogP contribution in [0.2, 0.25) is 0 Å². The Balaban J connectivity index is 1.82. The molecular formula is C18H16N4O5S. The van der Waals surface area contributed by atoms with Crippen molar-refractivity contribution in [2.24, 2.45) is 0 Å². The van der Waals surface area contributed by atoms with Gasteiger partial charge >= 0.3 is 5.82 Å². The number of amides is 1. The number of thiazole rings is 1. The summed E-state index contributed by atoms with van der Waals surface area (Å²) < 4.78 is 10.8. The summed E-state index contributed by atoms with van der Waals surface area (Å²) in [5.41, 5.74) is 1.10. The first-order chi connectivity index (χ1) is 13.5. The molecule has 3 aromatic rings. The second-order valence-corrected chi connectivity index (χ2v) is 6.36. The van der Waals surface area contributed by atoms with Gasteiger partial charge in [-0.25, -0.2) is 4.98 Å². The molecule has 0 spiro atoms. The summed E-state index contributed by atoms with van der Waals surface area (Å²) in [5.74, 6) is -0.00144. The number of hydrogen-bond acceptors (Lipinski definition) is 8. The summed E-state index contributed by atoms with van der Waals surface area (Å²) >= 11 is 1.25. The zero-order valence-corrected chi connectivity index (χ0v) is 15.9. The maximum atomic E-state index is 12.2. The molecule has 0 saturated heterocycles. The minimum absolute atomic E-state index is 0.000697. The zero-order valence-electron chi connectivity index (χ0n) is 15.1. The van der Waals surface area contributed by atoms with Gasteiger partial charge in [0, 0.05) is 12.3 Å². The van der Waals surface area contributed by atoms with Crippen LogP contribution in [0, 0.1) is 10.1 Å². The molecule has 0 saturated carbocycles. The molecule has 10 heteroatoms. The molecule has 0 atom stereocenters. The minimum atomic E-state index is -0.610. The van der Waals surface area contributed by atoms with Gasteiger partial charge in [0.2, 0.25) is 11.7 Å². The standard InChI is InChI=1S/C18H16N4O5S/c1-12(23)21(14-6-3-4-7-15(14)26-2)18-20-13(11-28-18)10-27-16-8-5-9-19-17(16)22(24)25/h3-9,11H,10H2,1-2H3. The summed E-state index contributed by atoms with van der Waals surface area (Å²) in [5, 5.41) is 13.2. The van der Waals surface area contributed by atoms with Crippen LogP contribution in [0.15, 0.2) is 48.0 Å². The third-order valence-corrected chi connectivity index (χ3v) is 4.55. The number of nitro groups is 1. The molecule has 9 nitrogen and oxygen atoms in total. The molecular weight excluding hydrogens is 384 g/mol. The summed E-state index contributed by atoms with van der Waals surface area (Å²) in [4.78, 5) is 32.2. The number of aromatic nitrogens is 2. The monoisotopic (exact) mass is 400 g/mol. The highest BCUT2D eigenvalue weighted by Crippen LogP contribution is 2.35. The fraction of sp³-hybridized carbons (Fsp3) is 0.167. The number of carbonyl (C=O) groups is 1. The average Bonchev–Trinajstić information content (AvgIpc) is 3.15. The Bertz CT molecular complexity index is 1010. The van der Waals surface area contributed by atoms with E-state index in [1.54, 1.807) is 29.6 Å². The van der Waals surface area contributed by atoms with Crippen LogP contribution < -0.4 is 14.4 Å². The van der Waals surface area contributed by atoms with Crippen LogP contribution in [0.3, 0.4) is 0 Å². The van der Waals surface area contributed by atoms with Crippen LogP contribution in [0.1, 0.15) is 12.6 Å². The van der Waals surface area contributed by atoms with Crippen molar-refractivity contribution in [3.8, 4) is 11.5 Å². The van der Waals surface area contributed by atoms with Gasteiger partial charge in [-0.3, -0.25) is 9.69 Å². The predicted octanol–water partition coefficient (Wildman–Crippen LogP) is 3.72. The third-order valence-electron chi connectivity index (χ3n) is 3.67. The van der Waals surface area contributed by atoms with Crippen LogP contribution in [0.5, 0.6) is 11.5 Å². The van der Waals surface area contributed by atoms with Gasteiger partial charge in [-0.1, -0.05) is 12.1 Å². The van der Waals surface area contributed by atoms with Gasteiger partial charge < -0.3 is 19.6 Å². The van der Waals surface area contributed by atoms with Gasteiger partial charge in [0.15, 0.2) is 5.13 Å². The van der Waals surface area contributed by atoms with Crippen LogP contribution in [0.4, 0.5) is 16.6 Å². The number of anilines is 2. The number of rotatable bonds is 7. The van der Waals surface area contributed by atoms with E-state index < -0.39 is 4.92 Å². The number of nitrogens with zero attached hydrogens (tertiary/aromatic N) is 4. The number of benzene rings is 1. The first-order valence-electron chi connectivity index (χ1n) is 8.11. The van der Waals surface area contributed by atoms with Gasteiger partial charge in [-0.05, 0) is 34.2 Å². The Labute approximate surface area is 164 Å². The second kappa shape index (κ2) is 8.44. The van der Waals surface area contributed by atoms with E-state index in [0.717, 1.165) is 0 Å². The minimum Gasteiger partial charge on any atom is -0.495 e. The Morgan fingerprint density at radius 2 is 2.00 bits per heavy atom. The van der Waals surface area contributed by atoms with E-state index >= 15 is 0 Å². The summed E-state index contributed by atoms with van der Waals surface area (Å²) in [6.07, 6.45) is 1.32. The number of methoxy groups -OCH3 is 1. The fourth-order valence-electron chi connectivity index (χ4n) is 2.47. The van der Waals surface area contributed by atoms with Gasteiger partial charge in [0.1, 0.15) is 18.6 Å². The van der Waals surface area contributed by atoms with Crippen LogP contribution in [-0.4, -0.2) is 27.9 Å². The van der Waals surface area contributed by atoms with Crippen molar-refractivity contribution in [2.45, 2.75) is 13.5 Å². The second-order valence-electron chi connectivity index (χ2n) is 5.52. The molecule has 0 aliphatic carbocycles. The molecule has 0 aliphatic rings. The van der Waals surface area contributed by atoms with Gasteiger partial charge in [0.25, 0.3) is 0 Å². The van der Waals surface area contributed by atoms with E-state index in [1.165, 1.54) is 42.5 Å². The van der Waals surface area contributed by atoms with Crippen LogP contribution >= 0.6 is 11.3 Å². The van der Waals surface area contributed by atoms with Crippen molar-refractivity contribution in [1.82, 2.24) is 9.97 Å². The van der Waals surface area contributed by atoms with Crippen molar-refractivity contribution in [2.75, 3.05) is 12.0 Å². The molecule has 2 heterocycles. The first-order valence-corrected chi connectivity index (χ1v) is 8.99. The maximum Gasteiger partial charge on any atom is 0.406 e. The molecule has 28 heavy (non-hydrogen) atoms. The number of carbonyl (C=O) groups excluding carboxylic acids is 1. The normalized spacial score (nSPS) is 10.4. The molecule has 0 N–H and O–H groups in total. The van der Waals surface area contributed by atoms with Crippen LogP contribution in [-0.2, 0) is 11.4 Å². The van der Waals surface area contributed by atoms with Crippen molar-refractivity contribution >= 4 is 33.9 Å². The highest BCUT2D eigenvalue weighted by Gasteiger charge is 2.22. The van der Waals surface area contributed by atoms with Crippen molar-refractivity contribution in [3.05, 3.63) is 63.8 Å². The van der Waals surface area contributed by atoms with Gasteiger partial charge in [-0.2, -0.15) is 0 Å². The average molecular weight is 400 g/mol. The number of pyridine rings is 1. The molecule has 0 aliphatic heterocycles. The van der Waals surface area contributed by atoms with E-state index in [-0.39, 0.29) is 24.1 Å². The lowest BCUT2D eigenvalue weighted by Gasteiger charge is -2.20. The maximum absolute atomic E-state index is 12.2. The van der Waals surface area contributed by atoms with Crippen LogP contribution in [0.25, 0.3) is 0 Å². The Morgan fingerprint density at radius 1 is 1.25 bits per heavy atom. The molecule has 0 bridgehead atoms. The lowest BCUT2D eigenvalue weighted by molar-refractivity contribution is -0.390. The summed E-state index contributed by atoms with van der Waals surface area (Å²) in [6, 6.07) is 10.1. The molecule has 3 rings (SSSR count). The largest absolute Gasteiger partial charge is 0.495 e. The quantitative estimate of drug-likeness (QED) is 0.439. The van der Waals surface area contributed by atoms with Gasteiger partial charge in [0.05, 0.1) is 18.5 Å². The summed E-state index contributed by atoms with van der Waals surface area (Å²) in [7, 11) is 1.53. The first kappa shape index (κ1) is 19.2. The zero-order chi connectivity index (χ0) is 20.1. The molecule has 144 valence electrons. The SMILES string of the molecule is COc1ccccc1N(C(C)=O)c1nc(COc2cccnc2[N+](=O)[O-])cs1. The van der Waals surface area contributed by atoms with Crippen molar-refractivity contribution < 1.29 is 19.2 Å². The lowest BCUT2D eigenvalue weighted by Crippen LogP contribution is -2.23. The van der Waals surface area contributed by atoms with E-state index in [2.05, 4.69) is 9.97 Å². The topological polar surface area (TPSA) is 108 Å². The lowest BCUT2D eigenvalue weighted by atomic mass is 10.2. The number of para-hydroxylation sites is 2. The molecule has 0 radical (unpaired) electrons. The van der Waals surface area contributed by atoms with E-state index in [0.29, 0.717) is 22.3 Å². The number of ether oxygens (including phenoxy) is 2. The highest BCUT2D eigenvalue weighted by atomic mass is 32.1. The molecule has 0 fully saturated rings. The fourth-order valence-corrected chi connectivity index (χ4v) is 3.34. The smallest absolute Gasteiger partial charge is 0.406 e. The van der Waals surface area contributed by atoms with E-state index in [4.69, 9.17) is 9.47 Å². The highest BCUT2D eigenvalue weighted by molar-refractivity contribution is 7.14. The predicted molar refractivity (Wildman–Crippen MR) is 103 cm³/mol. The molecule has 0 unspecified atom stereocenters. The number of hydrogen-bond donors (Lipinski definition) is 0. The Morgan fingerprint density at radius 3 is 2.71 bits per heavy atom. The molecule has 2 aromatic heterocycles. The summed E-state index contributed by atoms with van der Waals surface area (Å²) in [6.45, 7) is 1.43. The van der Waals surface area contributed by atoms with E-state index in [1.807, 2.05) is 6.07 Å². The Hall–Kier alpha value is -3.53. The third kappa shape index (κ3) is 4.07.